The summed E-state index contributed by atoms with van der Waals surface area (Å²) in [4.78, 5) is 12.3. The molecule has 32 heavy (non-hydrogen) atoms. The summed E-state index contributed by atoms with van der Waals surface area (Å²) in [7, 11) is -2.36. The van der Waals surface area contributed by atoms with E-state index in [4.69, 9.17) is 9.26 Å². The third-order valence-corrected chi connectivity index (χ3v) is 7.22. The van der Waals surface area contributed by atoms with Crippen molar-refractivity contribution in [3.8, 4) is 17.1 Å². The largest absolute Gasteiger partial charge is 0.495 e. The summed E-state index contributed by atoms with van der Waals surface area (Å²) in [6, 6.07) is 14.6. The van der Waals surface area contributed by atoms with Crippen LogP contribution in [0, 0.1) is 13.8 Å². The molecule has 1 aromatic heterocycles. The van der Waals surface area contributed by atoms with Gasteiger partial charge in [0.25, 0.3) is 0 Å². The minimum Gasteiger partial charge on any atom is -0.495 e. The van der Waals surface area contributed by atoms with Crippen LogP contribution in [-0.4, -0.2) is 38.9 Å². The van der Waals surface area contributed by atoms with Crippen LogP contribution in [0.5, 0.6) is 5.75 Å². The molecule has 1 amide bonds. The molecule has 0 bridgehead atoms. The number of rotatable bonds is 9. The first-order valence-electron chi connectivity index (χ1n) is 10.4. The van der Waals surface area contributed by atoms with Crippen molar-refractivity contribution in [3.05, 3.63) is 65.4 Å². The Morgan fingerprint density at radius 2 is 1.88 bits per heavy atom. The number of amides is 1. The molecule has 0 radical (unpaired) electrons. The summed E-state index contributed by atoms with van der Waals surface area (Å²) in [5, 5.41) is 6.76. The van der Waals surface area contributed by atoms with Gasteiger partial charge >= 0.3 is 0 Å². The quantitative estimate of drug-likeness (QED) is 0.522. The Labute approximate surface area is 188 Å². The van der Waals surface area contributed by atoms with Crippen molar-refractivity contribution in [2.75, 3.05) is 19.4 Å². The molecule has 7 nitrogen and oxygen atoms in total. The summed E-state index contributed by atoms with van der Waals surface area (Å²) >= 11 is 0. The van der Waals surface area contributed by atoms with Gasteiger partial charge in [-0.25, -0.2) is 8.42 Å². The first-order chi connectivity index (χ1) is 15.2. The number of hydrogen-bond donors (Lipinski definition) is 1. The fourth-order valence-electron chi connectivity index (χ4n) is 3.34. The summed E-state index contributed by atoms with van der Waals surface area (Å²) in [6.45, 7) is 6.13. The van der Waals surface area contributed by atoms with E-state index in [1.807, 2.05) is 51.1 Å². The molecule has 0 saturated heterocycles. The molecule has 0 aliphatic carbocycles. The van der Waals surface area contributed by atoms with E-state index in [9.17, 15) is 13.2 Å². The van der Waals surface area contributed by atoms with E-state index >= 15 is 0 Å². The number of aromatic nitrogens is 1. The van der Waals surface area contributed by atoms with Gasteiger partial charge < -0.3 is 14.6 Å². The molecule has 8 heteroatoms. The Bertz CT molecular complexity index is 1190. The number of nitrogens with zero attached hydrogens (tertiary/aromatic N) is 1. The van der Waals surface area contributed by atoms with Gasteiger partial charge in [-0.05, 0) is 43.5 Å². The maximum Gasteiger partial charge on any atom is 0.221 e. The average molecular weight is 457 g/mol. The van der Waals surface area contributed by atoms with E-state index < -0.39 is 9.84 Å². The second-order valence-electron chi connectivity index (χ2n) is 7.77. The van der Waals surface area contributed by atoms with Crippen LogP contribution in [0.15, 0.2) is 57.9 Å². The molecule has 3 aromatic rings. The third kappa shape index (κ3) is 5.37. The van der Waals surface area contributed by atoms with Crippen molar-refractivity contribution >= 4 is 15.7 Å². The van der Waals surface area contributed by atoms with Crippen LogP contribution in [0.3, 0.4) is 0 Å². The molecule has 1 unspecified atom stereocenters. The average Bonchev–Trinajstić information content (AvgIpc) is 3.14. The number of aryl methyl sites for hydroxylation is 1. The number of benzene rings is 2. The molecule has 1 N–H and O–H groups in total. The van der Waals surface area contributed by atoms with Gasteiger partial charge in [-0.1, -0.05) is 42.4 Å². The highest BCUT2D eigenvalue weighted by Gasteiger charge is 2.23. The normalized spacial score (nSPS) is 12.4. The third-order valence-electron chi connectivity index (χ3n) is 5.49. The highest BCUT2D eigenvalue weighted by atomic mass is 32.2. The Balaban J connectivity index is 1.69. The van der Waals surface area contributed by atoms with Crippen LogP contribution in [0.25, 0.3) is 11.3 Å². The topological polar surface area (TPSA) is 98.5 Å². The molecular weight excluding hydrogens is 428 g/mol. The minimum absolute atomic E-state index is 0.0245. The van der Waals surface area contributed by atoms with Crippen LogP contribution in [-0.2, 0) is 14.6 Å². The summed E-state index contributed by atoms with van der Waals surface area (Å²) in [5.41, 5.74) is 3.27. The van der Waals surface area contributed by atoms with Gasteiger partial charge in [0.15, 0.2) is 15.6 Å². The molecule has 0 aliphatic rings. The van der Waals surface area contributed by atoms with E-state index in [2.05, 4.69) is 10.5 Å². The maximum atomic E-state index is 13.0. The summed E-state index contributed by atoms with van der Waals surface area (Å²) in [5.74, 6) is 0.220. The van der Waals surface area contributed by atoms with Gasteiger partial charge in [0, 0.05) is 24.1 Å². The van der Waals surface area contributed by atoms with Gasteiger partial charge in [-0.15, -0.1) is 0 Å². The smallest absolute Gasteiger partial charge is 0.221 e. The van der Waals surface area contributed by atoms with Crippen molar-refractivity contribution in [2.24, 2.45) is 0 Å². The lowest BCUT2D eigenvalue weighted by Gasteiger charge is -2.14. The number of hydrogen-bond acceptors (Lipinski definition) is 6. The zero-order chi connectivity index (χ0) is 23.3. The fourth-order valence-corrected chi connectivity index (χ4v) is 4.78. The molecular formula is C24H28N2O5S. The van der Waals surface area contributed by atoms with Crippen LogP contribution in [0.1, 0.15) is 36.1 Å². The first-order valence-corrected chi connectivity index (χ1v) is 12.0. The van der Waals surface area contributed by atoms with Crippen molar-refractivity contribution in [1.82, 2.24) is 10.5 Å². The molecule has 0 saturated carbocycles. The first kappa shape index (κ1) is 23.5. The second kappa shape index (κ2) is 9.99. The molecule has 1 atom stereocenters. The Morgan fingerprint density at radius 1 is 1.16 bits per heavy atom. The number of carbonyl (C=O) groups is 1. The van der Waals surface area contributed by atoms with Crippen molar-refractivity contribution in [3.63, 3.8) is 0 Å². The van der Waals surface area contributed by atoms with Gasteiger partial charge in [0.05, 0.1) is 18.6 Å². The van der Waals surface area contributed by atoms with Crippen molar-refractivity contribution in [1.29, 1.82) is 0 Å². The van der Waals surface area contributed by atoms with Crippen LogP contribution >= 0.6 is 0 Å². The maximum absolute atomic E-state index is 13.0. The number of ether oxygens (including phenoxy) is 1. The Hall–Kier alpha value is -3.13. The van der Waals surface area contributed by atoms with Crippen molar-refractivity contribution < 1.29 is 22.5 Å². The van der Waals surface area contributed by atoms with E-state index in [1.165, 1.54) is 13.2 Å². The second-order valence-corrected chi connectivity index (χ2v) is 9.85. The zero-order valence-corrected chi connectivity index (χ0v) is 19.5. The van der Waals surface area contributed by atoms with E-state index in [1.54, 1.807) is 12.1 Å². The summed E-state index contributed by atoms with van der Waals surface area (Å²) < 4.78 is 36.7. The predicted molar refractivity (Wildman–Crippen MR) is 123 cm³/mol. The van der Waals surface area contributed by atoms with E-state index in [-0.39, 0.29) is 34.6 Å². The van der Waals surface area contributed by atoms with Crippen LogP contribution in [0.2, 0.25) is 0 Å². The van der Waals surface area contributed by atoms with E-state index in [0.29, 0.717) is 17.9 Å². The lowest BCUT2D eigenvalue weighted by Crippen LogP contribution is -2.29. The standard InChI is InChI=1S/C24H28N2O5S/c1-16(19-8-6-5-7-9-19)15-25-23(27)12-13-32(28,29)22-14-20(10-11-21(22)30-4)24-17(2)18(3)26-31-24/h5-11,14,16H,12-13,15H2,1-4H3,(H,25,27). The lowest BCUT2D eigenvalue weighted by molar-refractivity contribution is -0.120. The van der Waals surface area contributed by atoms with Gasteiger partial charge in [-0.2, -0.15) is 0 Å². The van der Waals surface area contributed by atoms with Gasteiger partial charge in [0.1, 0.15) is 10.6 Å². The highest BCUT2D eigenvalue weighted by Crippen LogP contribution is 2.33. The SMILES string of the molecule is COc1ccc(-c2onc(C)c2C)cc1S(=O)(=O)CCC(=O)NCC(C)c1ccccc1. The minimum atomic E-state index is -3.77. The number of carbonyl (C=O) groups excluding carboxylic acids is 1. The number of sulfone groups is 1. The molecule has 0 spiro atoms. The number of methoxy groups -OCH3 is 1. The Kier molecular flexibility index (Phi) is 7.35. The van der Waals surface area contributed by atoms with Crippen molar-refractivity contribution in [2.45, 2.75) is 38.0 Å². The Morgan fingerprint density at radius 3 is 2.50 bits per heavy atom. The van der Waals surface area contributed by atoms with Crippen LogP contribution < -0.4 is 10.1 Å². The molecule has 3 rings (SSSR count). The number of nitrogens with one attached hydrogen (secondary N) is 1. The molecule has 0 fully saturated rings. The van der Waals surface area contributed by atoms with Gasteiger partial charge in [0.2, 0.25) is 5.91 Å². The fraction of sp³-hybridized carbons (Fsp3) is 0.333. The lowest BCUT2D eigenvalue weighted by atomic mass is 10.0. The molecule has 170 valence electrons. The highest BCUT2D eigenvalue weighted by molar-refractivity contribution is 7.91. The zero-order valence-electron chi connectivity index (χ0n) is 18.7. The molecule has 1 heterocycles. The molecule has 0 aliphatic heterocycles. The van der Waals surface area contributed by atoms with Crippen LogP contribution in [0.4, 0.5) is 0 Å². The molecule has 2 aromatic carbocycles. The predicted octanol–water partition coefficient (Wildman–Crippen LogP) is 4.05. The van der Waals surface area contributed by atoms with Gasteiger partial charge in [-0.3, -0.25) is 4.79 Å². The van der Waals surface area contributed by atoms with E-state index in [0.717, 1.165) is 16.8 Å². The summed E-state index contributed by atoms with van der Waals surface area (Å²) in [6.07, 6.45) is -0.141. The monoisotopic (exact) mass is 456 g/mol.